The maximum atomic E-state index is 12.6. The second kappa shape index (κ2) is 10.7. The van der Waals surface area contributed by atoms with Crippen molar-refractivity contribution in [2.75, 3.05) is 55.9 Å². The highest BCUT2D eigenvalue weighted by atomic mass is 32.2. The highest BCUT2D eigenvalue weighted by molar-refractivity contribution is 8.00. The topological polar surface area (TPSA) is 93.2 Å². The number of nitrogens with one attached hydrogen (secondary N) is 1. The molecule has 0 radical (unpaired) electrons. The molecule has 3 aliphatic heterocycles. The Morgan fingerprint density at radius 3 is 2.79 bits per heavy atom. The Hall–Kier alpha value is -3.50. The van der Waals surface area contributed by atoms with E-state index >= 15 is 0 Å². The summed E-state index contributed by atoms with van der Waals surface area (Å²) in [6.45, 7) is 3.72. The Labute approximate surface area is 225 Å². The van der Waals surface area contributed by atoms with Gasteiger partial charge in [-0.25, -0.2) is 9.78 Å². The van der Waals surface area contributed by atoms with Crippen molar-refractivity contribution in [3.05, 3.63) is 48.5 Å². The summed E-state index contributed by atoms with van der Waals surface area (Å²) in [6.07, 6.45) is 1.52. The van der Waals surface area contributed by atoms with Gasteiger partial charge in [-0.2, -0.15) is 0 Å². The highest BCUT2D eigenvalue weighted by Crippen LogP contribution is 2.35. The van der Waals surface area contributed by atoms with E-state index in [-0.39, 0.29) is 18.1 Å². The third-order valence-electron chi connectivity index (χ3n) is 7.29. The number of fused-ring (bicyclic) bond motifs is 2. The lowest BCUT2D eigenvalue weighted by molar-refractivity contribution is -0.113. The molecule has 1 aromatic heterocycles. The van der Waals surface area contributed by atoms with Crippen LogP contribution in [-0.2, 0) is 9.53 Å². The summed E-state index contributed by atoms with van der Waals surface area (Å²) >= 11 is 1.51. The average Bonchev–Trinajstić information content (AvgIpc) is 3.31. The smallest absolute Gasteiger partial charge is 0.414 e. The maximum absolute atomic E-state index is 12.6. The first kappa shape index (κ1) is 24.8. The monoisotopic (exact) mass is 534 g/mol. The molecule has 198 valence electrons. The van der Waals surface area contributed by atoms with Gasteiger partial charge in [0.05, 0.1) is 37.2 Å². The highest BCUT2D eigenvalue weighted by Gasteiger charge is 2.35. The summed E-state index contributed by atoms with van der Waals surface area (Å²) in [5.74, 6) is 2.26. The molecule has 0 spiro atoms. The van der Waals surface area contributed by atoms with Crippen LogP contribution in [0.1, 0.15) is 12.8 Å². The molecule has 0 bridgehead atoms. The molecule has 10 heteroatoms. The number of nitrogens with zero attached hydrogens (tertiary/aromatic N) is 3. The minimum atomic E-state index is -0.339. The molecular weight excluding hydrogens is 504 g/mol. The van der Waals surface area contributed by atoms with Crippen molar-refractivity contribution in [3.63, 3.8) is 0 Å². The van der Waals surface area contributed by atoms with Crippen LogP contribution in [0.4, 0.5) is 16.2 Å². The summed E-state index contributed by atoms with van der Waals surface area (Å²) in [6, 6.07) is 15.5. The Bertz CT molecular complexity index is 1360. The van der Waals surface area contributed by atoms with Gasteiger partial charge in [0.15, 0.2) is 0 Å². The summed E-state index contributed by atoms with van der Waals surface area (Å²) in [7, 11) is 1.65. The van der Waals surface area contributed by atoms with Crippen LogP contribution in [0.2, 0.25) is 0 Å². The fourth-order valence-electron chi connectivity index (χ4n) is 5.18. The van der Waals surface area contributed by atoms with Crippen LogP contribution >= 0.6 is 11.8 Å². The zero-order valence-corrected chi connectivity index (χ0v) is 22.0. The molecule has 0 saturated carbocycles. The third-order valence-corrected chi connectivity index (χ3v) is 8.36. The minimum Gasteiger partial charge on any atom is -0.497 e. The Morgan fingerprint density at radius 2 is 1.95 bits per heavy atom. The van der Waals surface area contributed by atoms with Gasteiger partial charge < -0.3 is 19.5 Å². The van der Waals surface area contributed by atoms with Gasteiger partial charge in [-0.3, -0.25) is 14.6 Å². The number of ether oxygens (including phenoxy) is 3. The molecule has 2 aromatic carbocycles. The number of methoxy groups -OCH3 is 1. The summed E-state index contributed by atoms with van der Waals surface area (Å²) < 4.78 is 17.0. The molecule has 0 unspecified atom stereocenters. The van der Waals surface area contributed by atoms with Gasteiger partial charge in [0, 0.05) is 34.6 Å². The molecule has 3 aliphatic rings. The molecule has 2 saturated heterocycles. The largest absolute Gasteiger partial charge is 0.497 e. The second-order valence-corrected chi connectivity index (χ2v) is 10.9. The number of carbonyl (C=O) groups excluding carboxylic acids is 2. The zero-order chi connectivity index (χ0) is 26.1. The Morgan fingerprint density at radius 1 is 1.11 bits per heavy atom. The molecule has 0 aliphatic carbocycles. The Balaban J connectivity index is 0.983. The lowest BCUT2D eigenvalue weighted by Gasteiger charge is -2.32. The molecule has 2 amide bonds. The van der Waals surface area contributed by atoms with Gasteiger partial charge in [0.2, 0.25) is 11.8 Å². The van der Waals surface area contributed by atoms with Crippen LogP contribution in [0.5, 0.6) is 11.6 Å². The summed E-state index contributed by atoms with van der Waals surface area (Å²) in [5.41, 5.74) is 2.36. The van der Waals surface area contributed by atoms with Gasteiger partial charge in [0.1, 0.15) is 11.9 Å². The van der Waals surface area contributed by atoms with E-state index in [1.165, 1.54) is 11.8 Å². The quantitative estimate of drug-likeness (QED) is 0.477. The van der Waals surface area contributed by atoms with E-state index in [0.29, 0.717) is 37.2 Å². The van der Waals surface area contributed by atoms with E-state index in [2.05, 4.69) is 15.2 Å². The molecule has 38 heavy (non-hydrogen) atoms. The molecular formula is C28H30N4O5S. The fraction of sp³-hybridized carbons (Fsp3) is 0.393. The number of likely N-dealkylation sites (tertiary alicyclic amines) is 1. The van der Waals surface area contributed by atoms with Crippen molar-refractivity contribution >= 4 is 46.0 Å². The van der Waals surface area contributed by atoms with E-state index in [1.54, 1.807) is 12.0 Å². The number of rotatable bonds is 7. The van der Waals surface area contributed by atoms with Gasteiger partial charge in [-0.15, -0.1) is 11.8 Å². The number of thioether (sulfide) groups is 1. The lowest BCUT2D eigenvalue weighted by atomic mass is 9.97. The number of hydrogen-bond acceptors (Lipinski definition) is 8. The molecule has 9 nitrogen and oxygen atoms in total. The number of anilines is 2. The van der Waals surface area contributed by atoms with E-state index in [1.807, 2.05) is 48.5 Å². The third kappa shape index (κ3) is 5.37. The number of aromatic nitrogens is 1. The van der Waals surface area contributed by atoms with Crippen molar-refractivity contribution in [2.45, 2.75) is 23.8 Å². The predicted molar refractivity (Wildman–Crippen MR) is 146 cm³/mol. The molecule has 2 fully saturated rings. The molecule has 4 heterocycles. The van der Waals surface area contributed by atoms with Crippen LogP contribution in [0.25, 0.3) is 10.9 Å². The second-order valence-electron chi connectivity index (χ2n) is 9.90. The van der Waals surface area contributed by atoms with Crippen molar-refractivity contribution < 1.29 is 23.8 Å². The van der Waals surface area contributed by atoms with E-state index in [0.717, 1.165) is 58.9 Å². The first-order chi connectivity index (χ1) is 18.5. The number of hydrogen-bond donors (Lipinski definition) is 1. The minimum absolute atomic E-state index is 0.0236. The first-order valence-corrected chi connectivity index (χ1v) is 13.9. The predicted octanol–water partition coefficient (Wildman–Crippen LogP) is 4.40. The van der Waals surface area contributed by atoms with Gasteiger partial charge >= 0.3 is 6.09 Å². The van der Waals surface area contributed by atoms with Crippen LogP contribution in [0.3, 0.4) is 0 Å². The normalized spacial score (nSPS) is 20.2. The van der Waals surface area contributed by atoms with Crippen LogP contribution < -0.4 is 19.7 Å². The van der Waals surface area contributed by atoms with Crippen LogP contribution in [-0.4, -0.2) is 73.6 Å². The number of pyridine rings is 1. The number of benzene rings is 2. The molecule has 3 aromatic rings. The number of piperidine rings is 1. The van der Waals surface area contributed by atoms with Crippen LogP contribution in [0, 0.1) is 5.92 Å². The number of carbonyl (C=O) groups is 2. The molecule has 1 N–H and O–H groups in total. The van der Waals surface area contributed by atoms with Gasteiger partial charge in [0.25, 0.3) is 0 Å². The van der Waals surface area contributed by atoms with Gasteiger partial charge in [-0.1, -0.05) is 0 Å². The first-order valence-electron chi connectivity index (χ1n) is 12.9. The Kier molecular flexibility index (Phi) is 6.99. The van der Waals surface area contributed by atoms with E-state index in [9.17, 15) is 9.59 Å². The van der Waals surface area contributed by atoms with Crippen molar-refractivity contribution in [1.29, 1.82) is 0 Å². The summed E-state index contributed by atoms with van der Waals surface area (Å²) in [4.78, 5) is 34.0. The SMILES string of the molecule is COc1ccc2ccc(OCC3CCN(C[C@@H]4CN(c5ccc6c(c5)NC(=O)CS6)C(=O)O4)CC3)nc2c1. The lowest BCUT2D eigenvalue weighted by Crippen LogP contribution is -2.41. The van der Waals surface area contributed by atoms with E-state index in [4.69, 9.17) is 14.2 Å². The average molecular weight is 535 g/mol. The fourth-order valence-corrected chi connectivity index (χ4v) is 5.97. The maximum Gasteiger partial charge on any atom is 0.414 e. The molecule has 6 rings (SSSR count). The van der Waals surface area contributed by atoms with Crippen molar-refractivity contribution in [2.24, 2.45) is 5.92 Å². The van der Waals surface area contributed by atoms with Crippen molar-refractivity contribution in [3.8, 4) is 11.6 Å². The van der Waals surface area contributed by atoms with Crippen molar-refractivity contribution in [1.82, 2.24) is 9.88 Å². The summed E-state index contributed by atoms with van der Waals surface area (Å²) in [5, 5.41) is 3.94. The van der Waals surface area contributed by atoms with E-state index < -0.39 is 0 Å². The molecule has 1 atom stereocenters. The number of amides is 2. The number of cyclic esters (lactones) is 1. The van der Waals surface area contributed by atoms with Crippen LogP contribution in [0.15, 0.2) is 53.4 Å². The van der Waals surface area contributed by atoms with Gasteiger partial charge in [-0.05, 0) is 68.2 Å². The standard InChI is InChI=1S/C28H30N4O5S/c1-35-21-5-2-19-3-7-27(30-23(19)13-21)36-16-18-8-10-31(11-9-18)14-22-15-32(28(34)37-22)20-4-6-25-24(12-20)29-26(33)17-38-25/h2-7,12-13,18,22H,8-11,14-17H2,1H3,(H,29,33)/t22-/m1/s1. The zero-order valence-electron chi connectivity index (χ0n) is 21.2.